The highest BCUT2D eigenvalue weighted by atomic mass is 35.5. The molecule has 0 spiro atoms. The minimum absolute atomic E-state index is 0.137. The van der Waals surface area contributed by atoms with E-state index in [0.29, 0.717) is 24.1 Å². The van der Waals surface area contributed by atoms with Gasteiger partial charge in [0.05, 0.1) is 5.69 Å². The number of nitrogens with one attached hydrogen (secondary N) is 1. The molecule has 1 aliphatic heterocycles. The van der Waals surface area contributed by atoms with Crippen molar-refractivity contribution in [1.29, 1.82) is 0 Å². The predicted molar refractivity (Wildman–Crippen MR) is 105 cm³/mol. The number of hydrogen-bond acceptors (Lipinski definition) is 6. The lowest BCUT2D eigenvalue weighted by atomic mass is 10.2. The Hall–Kier alpha value is -2.41. The van der Waals surface area contributed by atoms with E-state index in [1.807, 2.05) is 39.8 Å². The lowest BCUT2D eigenvalue weighted by Gasteiger charge is -2.24. The Morgan fingerprint density at radius 1 is 1.30 bits per heavy atom. The molecule has 8 heteroatoms. The highest BCUT2D eigenvalue weighted by Gasteiger charge is 2.29. The van der Waals surface area contributed by atoms with Crippen LogP contribution in [0.2, 0.25) is 5.15 Å². The number of amides is 1. The fraction of sp³-hybridized carbons (Fsp3) is 0.474. The largest absolute Gasteiger partial charge is 0.444 e. The maximum atomic E-state index is 12.2. The molecule has 1 unspecified atom stereocenters. The number of halogens is 1. The molecule has 0 aliphatic carbocycles. The molecule has 3 heterocycles. The Morgan fingerprint density at radius 2 is 2.07 bits per heavy atom. The van der Waals surface area contributed by atoms with Gasteiger partial charge in [-0.1, -0.05) is 11.6 Å². The summed E-state index contributed by atoms with van der Waals surface area (Å²) in [6, 6.07) is 5.59. The molecule has 0 radical (unpaired) electrons. The van der Waals surface area contributed by atoms with Crippen molar-refractivity contribution in [3.05, 3.63) is 35.2 Å². The number of anilines is 1. The van der Waals surface area contributed by atoms with Crippen molar-refractivity contribution in [3.63, 3.8) is 0 Å². The van der Waals surface area contributed by atoms with Crippen molar-refractivity contribution >= 4 is 23.5 Å². The molecule has 27 heavy (non-hydrogen) atoms. The van der Waals surface area contributed by atoms with Crippen LogP contribution in [0.3, 0.4) is 0 Å². The number of aryl methyl sites for hydroxylation is 1. The fourth-order valence-electron chi connectivity index (χ4n) is 2.92. The maximum Gasteiger partial charge on any atom is 0.410 e. The number of likely N-dealkylation sites (tertiary alicyclic amines) is 1. The molecule has 1 atom stereocenters. The molecule has 1 amide bonds. The van der Waals surface area contributed by atoms with E-state index >= 15 is 0 Å². The number of nitrogens with zero attached hydrogens (tertiary/aromatic N) is 4. The Balaban J connectivity index is 1.64. The van der Waals surface area contributed by atoms with Gasteiger partial charge in [0.1, 0.15) is 16.6 Å². The summed E-state index contributed by atoms with van der Waals surface area (Å²) >= 11 is 5.94. The average Bonchev–Trinajstić information content (AvgIpc) is 3.02. The van der Waals surface area contributed by atoms with Gasteiger partial charge in [-0.25, -0.2) is 19.7 Å². The van der Waals surface area contributed by atoms with Gasteiger partial charge in [-0.15, -0.1) is 0 Å². The van der Waals surface area contributed by atoms with Crippen LogP contribution in [0.4, 0.5) is 10.6 Å². The van der Waals surface area contributed by atoms with E-state index in [-0.39, 0.29) is 12.1 Å². The molecule has 1 aliphatic rings. The van der Waals surface area contributed by atoms with Gasteiger partial charge in [0, 0.05) is 30.9 Å². The van der Waals surface area contributed by atoms with Crippen LogP contribution in [-0.4, -0.2) is 50.7 Å². The summed E-state index contributed by atoms with van der Waals surface area (Å²) in [6.45, 7) is 8.78. The maximum absolute atomic E-state index is 12.2. The Kier molecular flexibility index (Phi) is 5.51. The van der Waals surface area contributed by atoms with E-state index in [2.05, 4.69) is 20.3 Å². The minimum Gasteiger partial charge on any atom is -0.444 e. The second-order valence-corrected chi connectivity index (χ2v) is 7.98. The fourth-order valence-corrected chi connectivity index (χ4v) is 3.06. The van der Waals surface area contributed by atoms with Crippen LogP contribution < -0.4 is 5.32 Å². The number of rotatable bonds is 3. The van der Waals surface area contributed by atoms with Gasteiger partial charge in [0.25, 0.3) is 0 Å². The minimum atomic E-state index is -0.487. The quantitative estimate of drug-likeness (QED) is 0.801. The van der Waals surface area contributed by atoms with Crippen molar-refractivity contribution in [2.75, 3.05) is 18.4 Å². The summed E-state index contributed by atoms with van der Waals surface area (Å²) in [5.74, 6) is 1.31. The third-order valence-electron chi connectivity index (χ3n) is 4.14. The number of aromatic nitrogens is 3. The Morgan fingerprint density at radius 3 is 2.74 bits per heavy atom. The molecule has 1 fully saturated rings. The number of ether oxygens (including phenoxy) is 1. The number of carbonyl (C=O) groups is 1. The van der Waals surface area contributed by atoms with E-state index < -0.39 is 5.60 Å². The van der Waals surface area contributed by atoms with Crippen molar-refractivity contribution < 1.29 is 9.53 Å². The summed E-state index contributed by atoms with van der Waals surface area (Å²) in [5.41, 5.74) is 1.16. The zero-order valence-corrected chi connectivity index (χ0v) is 16.7. The van der Waals surface area contributed by atoms with Crippen molar-refractivity contribution in [3.8, 4) is 11.4 Å². The van der Waals surface area contributed by atoms with Crippen LogP contribution in [0, 0.1) is 6.92 Å². The number of pyridine rings is 1. The van der Waals surface area contributed by atoms with Crippen molar-refractivity contribution in [2.45, 2.75) is 45.8 Å². The SMILES string of the molecule is Cc1nc(NC2CCN(C(=O)OC(C)(C)C)C2)ccc1-c1nccc(Cl)n1. The van der Waals surface area contributed by atoms with E-state index in [9.17, 15) is 4.79 Å². The molecular weight excluding hydrogens is 366 g/mol. The molecule has 7 nitrogen and oxygen atoms in total. The summed E-state index contributed by atoms with van der Waals surface area (Å²) in [6.07, 6.45) is 2.20. The molecule has 2 aromatic rings. The second kappa shape index (κ2) is 7.68. The van der Waals surface area contributed by atoms with Gasteiger partial charge in [0.15, 0.2) is 5.82 Å². The lowest BCUT2D eigenvalue weighted by Crippen LogP contribution is -2.36. The third-order valence-corrected chi connectivity index (χ3v) is 4.35. The highest BCUT2D eigenvalue weighted by molar-refractivity contribution is 6.29. The molecule has 2 aromatic heterocycles. The van der Waals surface area contributed by atoms with Gasteiger partial charge in [-0.2, -0.15) is 0 Å². The Labute approximate surface area is 164 Å². The van der Waals surface area contributed by atoms with Gasteiger partial charge >= 0.3 is 6.09 Å². The van der Waals surface area contributed by atoms with Crippen LogP contribution in [0.1, 0.15) is 32.9 Å². The lowest BCUT2D eigenvalue weighted by molar-refractivity contribution is 0.0293. The molecule has 0 saturated carbocycles. The Bertz CT molecular complexity index is 837. The highest BCUT2D eigenvalue weighted by Crippen LogP contribution is 2.23. The second-order valence-electron chi connectivity index (χ2n) is 7.59. The smallest absolute Gasteiger partial charge is 0.410 e. The van der Waals surface area contributed by atoms with Crippen LogP contribution >= 0.6 is 11.6 Å². The molecule has 0 bridgehead atoms. The summed E-state index contributed by atoms with van der Waals surface area (Å²) in [5, 5.41) is 3.79. The van der Waals surface area contributed by atoms with Gasteiger partial charge in [-0.3, -0.25) is 0 Å². The van der Waals surface area contributed by atoms with E-state index in [4.69, 9.17) is 16.3 Å². The first kappa shape index (κ1) is 19.4. The predicted octanol–water partition coefficient (Wildman–Crippen LogP) is 3.92. The summed E-state index contributed by atoms with van der Waals surface area (Å²) < 4.78 is 5.43. The molecular formula is C19H24ClN5O2. The standard InChI is InChI=1S/C19H24ClN5O2/c1-12-14(17-21-9-7-15(20)24-17)5-6-16(22-12)23-13-8-10-25(11-13)18(26)27-19(2,3)4/h5-7,9,13H,8,10-11H2,1-4H3,(H,22,23). The topological polar surface area (TPSA) is 80.2 Å². The van der Waals surface area contributed by atoms with Crippen LogP contribution in [-0.2, 0) is 4.74 Å². The zero-order chi connectivity index (χ0) is 19.6. The molecule has 0 aromatic carbocycles. The van der Waals surface area contributed by atoms with Crippen LogP contribution in [0.25, 0.3) is 11.4 Å². The first-order valence-corrected chi connectivity index (χ1v) is 9.30. The molecule has 144 valence electrons. The average molecular weight is 390 g/mol. The van der Waals surface area contributed by atoms with E-state index in [1.165, 1.54) is 0 Å². The van der Waals surface area contributed by atoms with E-state index in [1.54, 1.807) is 17.2 Å². The first-order valence-electron chi connectivity index (χ1n) is 8.92. The summed E-state index contributed by atoms with van der Waals surface area (Å²) in [4.78, 5) is 27.0. The van der Waals surface area contributed by atoms with Gasteiger partial charge in [-0.05, 0) is 52.3 Å². The summed E-state index contributed by atoms with van der Waals surface area (Å²) in [7, 11) is 0. The first-order chi connectivity index (χ1) is 12.7. The number of hydrogen-bond donors (Lipinski definition) is 1. The van der Waals surface area contributed by atoms with Crippen LogP contribution in [0.5, 0.6) is 0 Å². The third kappa shape index (κ3) is 5.07. The molecule has 3 rings (SSSR count). The normalized spacial score (nSPS) is 17.1. The molecule has 1 N–H and O–H groups in total. The van der Waals surface area contributed by atoms with Crippen molar-refractivity contribution in [2.24, 2.45) is 0 Å². The monoisotopic (exact) mass is 389 g/mol. The number of carbonyl (C=O) groups excluding carboxylic acids is 1. The van der Waals surface area contributed by atoms with Crippen LogP contribution in [0.15, 0.2) is 24.4 Å². The molecule has 1 saturated heterocycles. The van der Waals surface area contributed by atoms with Crippen molar-refractivity contribution in [1.82, 2.24) is 19.9 Å². The van der Waals surface area contributed by atoms with Gasteiger partial charge in [0.2, 0.25) is 0 Å². The zero-order valence-electron chi connectivity index (χ0n) is 16.0. The van der Waals surface area contributed by atoms with E-state index in [0.717, 1.165) is 23.5 Å². The van der Waals surface area contributed by atoms with Gasteiger partial charge < -0.3 is 15.0 Å².